The number of phenols is 1. The summed E-state index contributed by atoms with van der Waals surface area (Å²) in [5, 5.41) is 22.5. The fourth-order valence-corrected chi connectivity index (χ4v) is 10.4. The van der Waals surface area contributed by atoms with Crippen LogP contribution in [0.5, 0.6) is 17.6 Å². The molecular weight excluding hydrogens is 696 g/mol. The summed E-state index contributed by atoms with van der Waals surface area (Å²) in [4.78, 5) is 18.8. The number of halogens is 2. The Morgan fingerprint density at radius 2 is 1.78 bits per heavy atom. The van der Waals surface area contributed by atoms with E-state index in [1.165, 1.54) is 44.2 Å². The summed E-state index contributed by atoms with van der Waals surface area (Å²) in [7, 11) is 1.42. The first kappa shape index (κ1) is 35.8. The van der Waals surface area contributed by atoms with Gasteiger partial charge in [0.05, 0.1) is 33.5 Å². The van der Waals surface area contributed by atoms with Crippen LogP contribution in [0, 0.1) is 22.5 Å². The monoisotopic (exact) mass is 745 g/mol. The minimum absolute atomic E-state index is 0.00862. The van der Waals surface area contributed by atoms with Gasteiger partial charge in [0.2, 0.25) is 5.88 Å². The largest absolute Gasteiger partial charge is 0.508 e. The molecule has 54 heavy (non-hydrogen) atoms. The number of piperidine rings is 1. The second kappa shape index (κ2) is 13.7. The number of methoxy groups -OCH3 is 1. The number of fused-ring (bicyclic) bond motifs is 3. The Morgan fingerprint density at radius 1 is 0.963 bits per heavy atom. The first-order valence-electron chi connectivity index (χ1n) is 19.5. The van der Waals surface area contributed by atoms with Crippen molar-refractivity contribution in [2.24, 2.45) is 10.8 Å². The van der Waals surface area contributed by atoms with Crippen LogP contribution < -0.4 is 14.4 Å². The number of nitrogens with zero attached hydrogens (tertiary/aromatic N) is 5. The lowest BCUT2D eigenvalue weighted by atomic mass is 9.60. The third kappa shape index (κ3) is 6.21. The third-order valence-corrected chi connectivity index (χ3v) is 13.0. The van der Waals surface area contributed by atoms with Crippen LogP contribution in [0.4, 0.5) is 14.6 Å². The lowest BCUT2D eigenvalue weighted by Gasteiger charge is -2.58. The Hall–Kier alpha value is -3.91. The molecule has 4 aromatic rings. The zero-order valence-electron chi connectivity index (χ0n) is 31.1. The predicted molar refractivity (Wildman–Crippen MR) is 199 cm³/mol. The van der Waals surface area contributed by atoms with E-state index >= 15 is 8.78 Å². The highest BCUT2D eigenvalue weighted by molar-refractivity contribution is 6.02. The number of hydrogen-bond donors (Lipinski definition) is 2. The van der Waals surface area contributed by atoms with Gasteiger partial charge in [0.15, 0.2) is 5.82 Å². The van der Waals surface area contributed by atoms with E-state index in [0.29, 0.717) is 48.5 Å². The van der Waals surface area contributed by atoms with Crippen LogP contribution >= 0.6 is 0 Å². The van der Waals surface area contributed by atoms with E-state index in [2.05, 4.69) is 9.88 Å². The van der Waals surface area contributed by atoms with Gasteiger partial charge in [0, 0.05) is 48.2 Å². The number of pyridine rings is 1. The smallest absolute Gasteiger partial charge is 0.319 e. The number of rotatable bonds is 7. The van der Waals surface area contributed by atoms with Gasteiger partial charge in [-0.3, -0.25) is 4.90 Å². The number of aliphatic hydroxyl groups is 1. The molecule has 2 N–H and O–H groups in total. The number of hydrogen-bond acceptors (Lipinski definition) is 11. The number of benzene rings is 2. The summed E-state index contributed by atoms with van der Waals surface area (Å²) >= 11 is 0. The SMILES string of the molecule is COc1nc(-c2cc(O)cc3cccc(F)c23)c(F)c2nc(OC[C@]34CCC[C@H]3N(C3CC5(CCOCC5)C3)CCC4)nc(N3CCOC[C@@](C)(O)C3)c12. The molecule has 5 aliphatic rings. The number of β-amino-alcohol motifs (C(OH)–C–C–N with tert-alkyl or cyclic N) is 1. The lowest BCUT2D eigenvalue weighted by molar-refractivity contribution is -0.112. The maximum atomic E-state index is 17.2. The highest BCUT2D eigenvalue weighted by Gasteiger charge is 2.55. The second-order valence-electron chi connectivity index (χ2n) is 16.7. The van der Waals surface area contributed by atoms with Gasteiger partial charge < -0.3 is 34.1 Å². The van der Waals surface area contributed by atoms with Gasteiger partial charge in [-0.25, -0.2) is 13.8 Å². The van der Waals surface area contributed by atoms with Crippen molar-refractivity contribution in [3.63, 3.8) is 0 Å². The Kier molecular flexibility index (Phi) is 9.06. The summed E-state index contributed by atoms with van der Waals surface area (Å²) in [6.45, 7) is 5.84. The molecule has 1 spiro atoms. The average molecular weight is 746 g/mol. The third-order valence-electron chi connectivity index (χ3n) is 13.0. The van der Waals surface area contributed by atoms with Crippen LogP contribution in [0.3, 0.4) is 0 Å². The quantitative estimate of drug-likeness (QED) is 0.219. The van der Waals surface area contributed by atoms with E-state index in [0.717, 1.165) is 64.7 Å². The minimum Gasteiger partial charge on any atom is -0.508 e. The molecule has 3 atom stereocenters. The molecule has 2 aliphatic carbocycles. The average Bonchev–Trinajstić information content (AvgIpc) is 3.50. The normalized spacial score (nSPS) is 27.6. The molecule has 0 amide bonds. The Bertz CT molecular complexity index is 2070. The number of likely N-dealkylation sites (tertiary alicyclic amines) is 1. The molecule has 2 saturated carbocycles. The first-order chi connectivity index (χ1) is 26.1. The van der Waals surface area contributed by atoms with Crippen molar-refractivity contribution in [3.05, 3.63) is 42.0 Å². The van der Waals surface area contributed by atoms with Crippen molar-refractivity contribution >= 4 is 27.5 Å². The number of aromatic nitrogens is 3. The Morgan fingerprint density at radius 3 is 2.59 bits per heavy atom. The molecule has 11 nitrogen and oxygen atoms in total. The summed E-state index contributed by atoms with van der Waals surface area (Å²) < 4.78 is 56.4. The van der Waals surface area contributed by atoms with Gasteiger partial charge in [-0.2, -0.15) is 9.97 Å². The maximum Gasteiger partial charge on any atom is 0.319 e. The summed E-state index contributed by atoms with van der Waals surface area (Å²) in [5.74, 6) is -1.27. The second-order valence-corrected chi connectivity index (χ2v) is 16.7. The minimum atomic E-state index is -1.22. The summed E-state index contributed by atoms with van der Waals surface area (Å²) in [6, 6.07) is 8.17. The number of anilines is 1. The molecule has 288 valence electrons. The van der Waals surface area contributed by atoms with Gasteiger partial charge in [-0.05, 0) is 93.8 Å². The van der Waals surface area contributed by atoms with Crippen LogP contribution in [0.25, 0.3) is 32.9 Å². The molecule has 9 rings (SSSR count). The lowest BCUT2D eigenvalue weighted by Crippen LogP contribution is -2.61. The zero-order chi connectivity index (χ0) is 37.2. The van der Waals surface area contributed by atoms with Crippen molar-refractivity contribution < 1.29 is 37.9 Å². The van der Waals surface area contributed by atoms with E-state index in [4.69, 9.17) is 28.9 Å². The molecule has 0 unspecified atom stereocenters. The molecule has 2 aromatic carbocycles. The standard InChI is InChI=1S/C41H49F2N5O6/c1-39(50)22-47(14-17-53-23-39)36-32-35(33(43)34(44-37(32)51-2)28-19-27(49)18-25-6-3-7-29(42)31(25)28)45-38(46-36)54-24-41-9-4-8-30(41)48(13-5-10-41)26-20-40(21-26)11-15-52-16-12-40/h3,6-7,18-19,26,30,49-50H,4-5,8-17,20-24H2,1-2H3/t30-,39+,41-/m1/s1. The van der Waals surface area contributed by atoms with Crippen LogP contribution in [0.1, 0.15) is 64.7 Å². The van der Waals surface area contributed by atoms with E-state index in [-0.39, 0.29) is 63.8 Å². The van der Waals surface area contributed by atoms with Crippen LogP contribution in [-0.4, -0.2) is 108 Å². The first-order valence-corrected chi connectivity index (χ1v) is 19.5. The molecule has 3 saturated heterocycles. The van der Waals surface area contributed by atoms with Crippen molar-refractivity contribution in [3.8, 4) is 28.9 Å². The molecule has 0 bridgehead atoms. The van der Waals surface area contributed by atoms with Gasteiger partial charge in [0.1, 0.15) is 39.6 Å². The van der Waals surface area contributed by atoms with Crippen molar-refractivity contribution in [1.82, 2.24) is 19.9 Å². The fraction of sp³-hybridized carbons (Fsp3) is 0.585. The van der Waals surface area contributed by atoms with E-state index < -0.39 is 17.2 Å². The van der Waals surface area contributed by atoms with Crippen LogP contribution in [0.2, 0.25) is 0 Å². The molecule has 5 heterocycles. The molecule has 5 fully saturated rings. The molecule has 0 radical (unpaired) electrons. The van der Waals surface area contributed by atoms with Crippen LogP contribution in [0.15, 0.2) is 30.3 Å². The van der Waals surface area contributed by atoms with Gasteiger partial charge >= 0.3 is 6.01 Å². The molecule has 13 heteroatoms. The number of aromatic hydroxyl groups is 1. The topological polar surface area (TPSA) is 123 Å². The van der Waals surface area contributed by atoms with E-state index in [9.17, 15) is 10.2 Å². The highest BCUT2D eigenvalue weighted by Crippen LogP contribution is 2.56. The van der Waals surface area contributed by atoms with Crippen LogP contribution in [-0.2, 0) is 9.47 Å². The summed E-state index contributed by atoms with van der Waals surface area (Å²) in [6.07, 6.45) is 10.2. The molecule has 2 aromatic heterocycles. The number of phenolic OH excluding ortho intramolecular Hbond substituents is 1. The molecular formula is C41H49F2N5O6. The van der Waals surface area contributed by atoms with E-state index in [1.807, 2.05) is 4.90 Å². The number of ether oxygens (including phenoxy) is 4. The fourth-order valence-electron chi connectivity index (χ4n) is 10.4. The predicted octanol–water partition coefficient (Wildman–Crippen LogP) is 6.40. The van der Waals surface area contributed by atoms with Gasteiger partial charge in [-0.15, -0.1) is 0 Å². The maximum absolute atomic E-state index is 17.2. The van der Waals surface area contributed by atoms with Crippen molar-refractivity contribution in [1.29, 1.82) is 0 Å². The van der Waals surface area contributed by atoms with Crippen molar-refractivity contribution in [2.75, 3.05) is 64.7 Å². The Balaban J connectivity index is 1.11. The van der Waals surface area contributed by atoms with Crippen molar-refractivity contribution in [2.45, 2.75) is 82.4 Å². The zero-order valence-corrected chi connectivity index (χ0v) is 31.1. The summed E-state index contributed by atoms with van der Waals surface area (Å²) in [5.41, 5.74) is -1.15. The van der Waals surface area contributed by atoms with Gasteiger partial charge in [-0.1, -0.05) is 18.6 Å². The van der Waals surface area contributed by atoms with E-state index in [1.54, 1.807) is 13.0 Å². The molecule has 3 aliphatic heterocycles. The van der Waals surface area contributed by atoms with Gasteiger partial charge in [0.25, 0.3) is 0 Å². The highest BCUT2D eigenvalue weighted by atomic mass is 19.1. The Labute approximate surface area is 313 Å².